The number of anilines is 1. The molecule has 2 rings (SSSR count). The molecule has 7 heteroatoms. The van der Waals surface area contributed by atoms with Gasteiger partial charge in [0, 0.05) is 18.4 Å². The fourth-order valence-corrected chi connectivity index (χ4v) is 1.58. The van der Waals surface area contributed by atoms with Gasteiger partial charge in [-0.3, -0.25) is 0 Å². The van der Waals surface area contributed by atoms with Gasteiger partial charge in [-0.2, -0.15) is 20.1 Å². The van der Waals surface area contributed by atoms with Crippen LogP contribution in [-0.2, 0) is 0 Å². The molecule has 18 heavy (non-hydrogen) atoms. The van der Waals surface area contributed by atoms with Crippen LogP contribution in [0.2, 0.25) is 5.28 Å². The average molecular weight is 265 g/mol. The first-order valence-electron chi connectivity index (χ1n) is 5.48. The second-order valence-corrected chi connectivity index (χ2v) is 4.09. The Morgan fingerprint density at radius 1 is 1.50 bits per heavy atom. The Hall–Kier alpha value is -1.95. The largest absolute Gasteiger partial charge is 0.351 e. The Morgan fingerprint density at radius 2 is 2.33 bits per heavy atom. The van der Waals surface area contributed by atoms with Gasteiger partial charge < -0.3 is 5.32 Å². The lowest BCUT2D eigenvalue weighted by Crippen LogP contribution is -2.17. The van der Waals surface area contributed by atoms with Crippen LogP contribution in [0.25, 0.3) is 5.95 Å². The fraction of sp³-hybridized carbons (Fsp3) is 0.273. The van der Waals surface area contributed by atoms with E-state index in [2.05, 4.69) is 31.9 Å². The molecule has 0 aliphatic carbocycles. The van der Waals surface area contributed by atoms with E-state index in [-0.39, 0.29) is 11.3 Å². The lowest BCUT2D eigenvalue weighted by atomic mass is 10.2. The number of nitrogens with one attached hydrogen (secondary N) is 1. The molecule has 1 N–H and O–H groups in total. The van der Waals surface area contributed by atoms with Gasteiger partial charge in [-0.25, -0.2) is 4.68 Å². The summed E-state index contributed by atoms with van der Waals surface area (Å²) in [6.07, 6.45) is 6.02. The van der Waals surface area contributed by atoms with Crippen LogP contribution in [0.1, 0.15) is 13.3 Å². The minimum atomic E-state index is 0.129. The van der Waals surface area contributed by atoms with Crippen LogP contribution in [0.4, 0.5) is 5.95 Å². The normalized spacial score (nSPS) is 12.1. The van der Waals surface area contributed by atoms with E-state index < -0.39 is 0 Å². The summed E-state index contributed by atoms with van der Waals surface area (Å²) in [4.78, 5) is 12.3. The molecule has 0 aliphatic heterocycles. The molecule has 0 amide bonds. The van der Waals surface area contributed by atoms with Crippen molar-refractivity contribution in [1.29, 1.82) is 0 Å². The van der Waals surface area contributed by atoms with Gasteiger partial charge in [-0.1, -0.05) is 6.08 Å². The maximum absolute atomic E-state index is 5.86. The van der Waals surface area contributed by atoms with Crippen LogP contribution >= 0.6 is 11.6 Å². The summed E-state index contributed by atoms with van der Waals surface area (Å²) in [5.74, 6) is 0.808. The van der Waals surface area contributed by atoms with Crippen LogP contribution in [0.15, 0.2) is 31.1 Å². The highest BCUT2D eigenvalue weighted by Gasteiger charge is 2.08. The molecule has 0 saturated carbocycles. The van der Waals surface area contributed by atoms with Crippen molar-refractivity contribution in [2.24, 2.45) is 0 Å². The van der Waals surface area contributed by atoms with E-state index >= 15 is 0 Å². The number of aromatic nitrogens is 5. The monoisotopic (exact) mass is 264 g/mol. The molecule has 0 aromatic carbocycles. The van der Waals surface area contributed by atoms with Crippen molar-refractivity contribution in [3.63, 3.8) is 0 Å². The summed E-state index contributed by atoms with van der Waals surface area (Å²) >= 11 is 5.86. The fourth-order valence-electron chi connectivity index (χ4n) is 1.42. The Bertz CT molecular complexity index is 524. The molecule has 2 aromatic heterocycles. The zero-order valence-electron chi connectivity index (χ0n) is 9.91. The third-order valence-corrected chi connectivity index (χ3v) is 2.37. The molecule has 1 unspecified atom stereocenters. The first-order chi connectivity index (χ1) is 8.69. The van der Waals surface area contributed by atoms with Crippen LogP contribution in [0.3, 0.4) is 0 Å². The quantitative estimate of drug-likeness (QED) is 0.838. The zero-order chi connectivity index (χ0) is 13.0. The third-order valence-electron chi connectivity index (χ3n) is 2.20. The molecule has 94 valence electrons. The van der Waals surface area contributed by atoms with E-state index in [1.165, 1.54) is 4.68 Å². The van der Waals surface area contributed by atoms with Gasteiger partial charge in [-0.15, -0.1) is 6.58 Å². The number of rotatable bonds is 5. The van der Waals surface area contributed by atoms with Gasteiger partial charge >= 0.3 is 0 Å². The summed E-state index contributed by atoms with van der Waals surface area (Å²) in [7, 11) is 0. The summed E-state index contributed by atoms with van der Waals surface area (Å²) in [6.45, 7) is 5.69. The molecule has 1 atom stereocenters. The summed E-state index contributed by atoms with van der Waals surface area (Å²) in [6, 6.07) is 1.96. The molecule has 0 fully saturated rings. The summed E-state index contributed by atoms with van der Waals surface area (Å²) in [5.41, 5.74) is 0. The van der Waals surface area contributed by atoms with E-state index in [1.807, 2.05) is 13.0 Å². The molecule has 2 heterocycles. The van der Waals surface area contributed by atoms with Crippen LogP contribution in [0, 0.1) is 0 Å². The summed E-state index contributed by atoms with van der Waals surface area (Å²) < 4.78 is 1.52. The van der Waals surface area contributed by atoms with E-state index in [0.717, 1.165) is 6.42 Å². The number of hydrogen-bond acceptors (Lipinski definition) is 5. The maximum atomic E-state index is 5.86. The highest BCUT2D eigenvalue weighted by Crippen LogP contribution is 2.10. The van der Waals surface area contributed by atoms with Crippen molar-refractivity contribution >= 4 is 17.5 Å². The van der Waals surface area contributed by atoms with Gasteiger partial charge in [0.1, 0.15) is 0 Å². The highest BCUT2D eigenvalue weighted by atomic mass is 35.5. The molecular weight excluding hydrogens is 252 g/mol. The number of halogens is 1. The Balaban J connectivity index is 2.24. The van der Waals surface area contributed by atoms with E-state index in [4.69, 9.17) is 11.6 Å². The zero-order valence-corrected chi connectivity index (χ0v) is 10.7. The van der Waals surface area contributed by atoms with Crippen molar-refractivity contribution in [2.45, 2.75) is 19.4 Å². The second kappa shape index (κ2) is 5.59. The maximum Gasteiger partial charge on any atom is 0.256 e. The van der Waals surface area contributed by atoms with Crippen molar-refractivity contribution in [1.82, 2.24) is 24.7 Å². The Morgan fingerprint density at radius 3 is 3.00 bits per heavy atom. The molecule has 2 aromatic rings. The SMILES string of the molecule is C=CCC(C)Nc1nc(Cl)nc(-n2cccn2)n1. The predicted molar refractivity (Wildman–Crippen MR) is 69.9 cm³/mol. The van der Waals surface area contributed by atoms with E-state index in [1.54, 1.807) is 18.5 Å². The van der Waals surface area contributed by atoms with E-state index in [0.29, 0.717) is 11.9 Å². The molecule has 0 spiro atoms. The molecule has 0 aliphatic rings. The molecule has 6 nitrogen and oxygen atoms in total. The van der Waals surface area contributed by atoms with Crippen molar-refractivity contribution in [3.05, 3.63) is 36.4 Å². The minimum absolute atomic E-state index is 0.129. The molecule has 0 radical (unpaired) electrons. The van der Waals surface area contributed by atoms with Crippen molar-refractivity contribution < 1.29 is 0 Å². The topological polar surface area (TPSA) is 68.5 Å². The van der Waals surface area contributed by atoms with Gasteiger partial charge in [0.2, 0.25) is 11.2 Å². The smallest absolute Gasteiger partial charge is 0.256 e. The second-order valence-electron chi connectivity index (χ2n) is 3.75. The molecular formula is C11H13ClN6. The predicted octanol–water partition coefficient (Wildman–Crippen LogP) is 2.09. The third kappa shape index (κ3) is 3.04. The molecule has 0 bridgehead atoms. The summed E-state index contributed by atoms with van der Waals surface area (Å²) in [5, 5.41) is 7.30. The first-order valence-corrected chi connectivity index (χ1v) is 5.86. The number of nitrogens with zero attached hydrogens (tertiary/aromatic N) is 5. The van der Waals surface area contributed by atoms with Crippen LogP contribution in [0.5, 0.6) is 0 Å². The first kappa shape index (κ1) is 12.5. The van der Waals surface area contributed by atoms with E-state index in [9.17, 15) is 0 Å². The highest BCUT2D eigenvalue weighted by molar-refractivity contribution is 6.28. The number of hydrogen-bond donors (Lipinski definition) is 1. The Kier molecular flexibility index (Phi) is 3.88. The Labute approximate surface area is 110 Å². The standard InChI is InChI=1S/C11H13ClN6/c1-3-5-8(2)14-10-15-9(12)16-11(17-10)18-7-4-6-13-18/h3-4,6-8H,1,5H2,2H3,(H,14,15,16,17). The van der Waals surface area contributed by atoms with Gasteiger partial charge in [0.05, 0.1) is 0 Å². The van der Waals surface area contributed by atoms with Crippen molar-refractivity contribution in [2.75, 3.05) is 5.32 Å². The lowest BCUT2D eigenvalue weighted by molar-refractivity contribution is 0.767. The van der Waals surface area contributed by atoms with Gasteiger partial charge in [0.25, 0.3) is 5.95 Å². The van der Waals surface area contributed by atoms with Crippen LogP contribution < -0.4 is 5.32 Å². The van der Waals surface area contributed by atoms with Gasteiger partial charge in [-0.05, 0) is 31.0 Å². The van der Waals surface area contributed by atoms with Crippen molar-refractivity contribution in [3.8, 4) is 5.95 Å². The lowest BCUT2D eigenvalue weighted by Gasteiger charge is -2.11. The minimum Gasteiger partial charge on any atom is -0.351 e. The van der Waals surface area contributed by atoms with Gasteiger partial charge in [0.15, 0.2) is 0 Å². The molecule has 0 saturated heterocycles. The van der Waals surface area contributed by atoms with Crippen LogP contribution in [-0.4, -0.2) is 30.8 Å². The average Bonchev–Trinajstić information content (AvgIpc) is 2.81.